The van der Waals surface area contributed by atoms with Gasteiger partial charge in [0, 0.05) is 4.47 Å². The number of hydrogen-bond acceptors (Lipinski definition) is 3. The lowest BCUT2D eigenvalue weighted by molar-refractivity contribution is 0.373. The van der Waals surface area contributed by atoms with Crippen LogP contribution in [0, 0.1) is 11.3 Å². The van der Waals surface area contributed by atoms with Crippen molar-refractivity contribution in [2.24, 2.45) is 0 Å². The van der Waals surface area contributed by atoms with Crippen molar-refractivity contribution in [3.63, 3.8) is 0 Å². The molecule has 3 nitrogen and oxygen atoms in total. The number of hydrogen-bond donors (Lipinski definition) is 1. The van der Waals surface area contributed by atoms with E-state index < -0.39 is 0 Å². The zero-order chi connectivity index (χ0) is 14.5. The van der Waals surface area contributed by atoms with Crippen LogP contribution >= 0.6 is 15.9 Å². The molecule has 0 aliphatic heterocycles. The van der Waals surface area contributed by atoms with Crippen LogP contribution in [0.15, 0.2) is 46.9 Å². The van der Waals surface area contributed by atoms with Gasteiger partial charge in [-0.15, -0.1) is 0 Å². The molecule has 0 heterocycles. The average molecular weight is 330 g/mol. The van der Waals surface area contributed by atoms with Crippen molar-refractivity contribution in [3.8, 4) is 17.6 Å². The van der Waals surface area contributed by atoms with Gasteiger partial charge >= 0.3 is 0 Å². The highest BCUT2D eigenvalue weighted by Crippen LogP contribution is 2.28. The van der Waals surface area contributed by atoms with E-state index in [1.54, 1.807) is 24.3 Å². The highest BCUT2D eigenvalue weighted by Gasteiger charge is 2.04. The minimum absolute atomic E-state index is 0.0503. The first kappa shape index (κ1) is 14.2. The molecule has 2 aromatic carbocycles. The summed E-state index contributed by atoms with van der Waals surface area (Å²) in [5.74, 6) is 0.457. The molecule has 0 atom stereocenters. The van der Waals surface area contributed by atoms with Crippen molar-refractivity contribution in [2.45, 2.75) is 0 Å². The standard InChI is InChI=1S/C16H12BrNO2/c1-20-16-7-2-11(9-15(16)19)8-13(10-18)12-3-5-14(17)6-4-12/h2-9,19H,1H3/b13-8-. The Morgan fingerprint density at radius 2 is 1.95 bits per heavy atom. The molecule has 2 aromatic rings. The molecule has 0 spiro atoms. The van der Waals surface area contributed by atoms with Crippen molar-refractivity contribution < 1.29 is 9.84 Å². The van der Waals surface area contributed by atoms with Crippen LogP contribution in [0.1, 0.15) is 11.1 Å². The molecule has 0 amide bonds. The Morgan fingerprint density at radius 3 is 2.50 bits per heavy atom. The van der Waals surface area contributed by atoms with Crippen molar-refractivity contribution in [1.29, 1.82) is 5.26 Å². The summed E-state index contributed by atoms with van der Waals surface area (Å²) in [6, 6.07) is 14.7. The second-order valence-electron chi connectivity index (χ2n) is 4.11. The monoisotopic (exact) mass is 329 g/mol. The second-order valence-corrected chi connectivity index (χ2v) is 5.02. The van der Waals surface area contributed by atoms with E-state index in [2.05, 4.69) is 22.0 Å². The maximum absolute atomic E-state index is 9.74. The maximum Gasteiger partial charge on any atom is 0.160 e. The number of aromatic hydroxyl groups is 1. The Bertz CT molecular complexity index is 685. The number of methoxy groups -OCH3 is 1. The van der Waals surface area contributed by atoms with Crippen molar-refractivity contribution in [2.75, 3.05) is 7.11 Å². The Hall–Kier alpha value is -2.25. The quantitative estimate of drug-likeness (QED) is 0.677. The Labute approximate surface area is 125 Å². The summed E-state index contributed by atoms with van der Waals surface area (Å²) in [5, 5.41) is 19.0. The van der Waals surface area contributed by atoms with Gasteiger partial charge in [0.2, 0.25) is 0 Å². The number of ether oxygens (including phenoxy) is 1. The van der Waals surface area contributed by atoms with Gasteiger partial charge in [0.15, 0.2) is 11.5 Å². The van der Waals surface area contributed by atoms with Gasteiger partial charge in [-0.25, -0.2) is 0 Å². The molecule has 1 N–H and O–H groups in total. The number of phenols is 1. The summed E-state index contributed by atoms with van der Waals surface area (Å²) in [6.45, 7) is 0. The maximum atomic E-state index is 9.74. The zero-order valence-electron chi connectivity index (χ0n) is 10.8. The van der Waals surface area contributed by atoms with Gasteiger partial charge in [0.1, 0.15) is 0 Å². The second kappa shape index (κ2) is 6.27. The Balaban J connectivity index is 2.39. The summed E-state index contributed by atoms with van der Waals surface area (Å²) in [5.41, 5.74) is 2.09. The van der Waals surface area contributed by atoms with E-state index in [4.69, 9.17) is 4.74 Å². The van der Waals surface area contributed by atoms with Crippen LogP contribution in [-0.2, 0) is 0 Å². The normalized spacial score (nSPS) is 10.9. The van der Waals surface area contributed by atoms with Gasteiger partial charge in [-0.3, -0.25) is 0 Å². The molecule has 0 aliphatic carbocycles. The largest absolute Gasteiger partial charge is 0.504 e. The van der Waals surface area contributed by atoms with Crippen molar-refractivity contribution in [3.05, 3.63) is 58.1 Å². The molecule has 100 valence electrons. The Kier molecular flexibility index (Phi) is 4.44. The molecule has 0 saturated heterocycles. The third kappa shape index (κ3) is 3.19. The van der Waals surface area contributed by atoms with Crippen LogP contribution in [0.25, 0.3) is 11.6 Å². The molecule has 20 heavy (non-hydrogen) atoms. The van der Waals surface area contributed by atoms with Crippen LogP contribution in [0.4, 0.5) is 0 Å². The molecule has 0 aromatic heterocycles. The highest BCUT2D eigenvalue weighted by atomic mass is 79.9. The highest BCUT2D eigenvalue weighted by molar-refractivity contribution is 9.10. The SMILES string of the molecule is COc1ccc(/C=C(/C#N)c2ccc(Br)cc2)cc1O. The van der Waals surface area contributed by atoms with Gasteiger partial charge in [0.05, 0.1) is 18.8 Å². The third-order valence-corrected chi connectivity index (χ3v) is 3.32. The van der Waals surface area contributed by atoms with Crippen molar-refractivity contribution in [1.82, 2.24) is 0 Å². The van der Waals surface area contributed by atoms with Gasteiger partial charge in [-0.05, 0) is 41.5 Å². The lowest BCUT2D eigenvalue weighted by Gasteiger charge is -2.04. The topological polar surface area (TPSA) is 53.2 Å². The number of halogens is 1. The predicted octanol–water partition coefficient (Wildman–Crippen LogP) is 4.23. The number of phenolic OH excluding ortho intramolecular Hbond substituents is 1. The third-order valence-electron chi connectivity index (χ3n) is 2.79. The first-order valence-electron chi connectivity index (χ1n) is 5.89. The van der Waals surface area contributed by atoms with E-state index in [0.29, 0.717) is 11.3 Å². The lowest BCUT2D eigenvalue weighted by atomic mass is 10.0. The number of benzene rings is 2. The predicted molar refractivity (Wildman–Crippen MR) is 82.3 cm³/mol. The Morgan fingerprint density at radius 1 is 1.25 bits per heavy atom. The van der Waals surface area contributed by atoms with E-state index >= 15 is 0 Å². The molecule has 0 unspecified atom stereocenters. The first-order valence-corrected chi connectivity index (χ1v) is 6.68. The van der Waals surface area contributed by atoms with Crippen LogP contribution < -0.4 is 4.74 Å². The van der Waals surface area contributed by atoms with Crippen LogP contribution in [0.5, 0.6) is 11.5 Å². The molecule has 0 radical (unpaired) electrons. The van der Waals surface area contributed by atoms with E-state index in [1.807, 2.05) is 24.3 Å². The molecular formula is C16H12BrNO2. The summed E-state index contributed by atoms with van der Waals surface area (Å²) in [6.07, 6.45) is 1.72. The average Bonchev–Trinajstić information content (AvgIpc) is 2.46. The minimum Gasteiger partial charge on any atom is -0.504 e. The fraction of sp³-hybridized carbons (Fsp3) is 0.0625. The summed E-state index contributed by atoms with van der Waals surface area (Å²) in [4.78, 5) is 0. The number of nitriles is 1. The van der Waals surface area contributed by atoms with E-state index in [-0.39, 0.29) is 5.75 Å². The number of allylic oxidation sites excluding steroid dienone is 1. The molecule has 0 fully saturated rings. The summed E-state index contributed by atoms with van der Waals surface area (Å²) in [7, 11) is 1.49. The van der Waals surface area contributed by atoms with Gasteiger partial charge in [-0.1, -0.05) is 34.1 Å². The smallest absolute Gasteiger partial charge is 0.160 e. The van der Waals surface area contributed by atoms with Crippen LogP contribution in [0.2, 0.25) is 0 Å². The van der Waals surface area contributed by atoms with E-state index in [1.165, 1.54) is 7.11 Å². The lowest BCUT2D eigenvalue weighted by Crippen LogP contribution is -1.85. The van der Waals surface area contributed by atoms with Gasteiger partial charge in [-0.2, -0.15) is 5.26 Å². The van der Waals surface area contributed by atoms with Crippen LogP contribution in [-0.4, -0.2) is 12.2 Å². The molecular weight excluding hydrogens is 318 g/mol. The molecule has 0 bridgehead atoms. The number of rotatable bonds is 3. The number of nitrogens with zero attached hydrogens (tertiary/aromatic N) is 1. The molecule has 2 rings (SSSR count). The summed E-state index contributed by atoms with van der Waals surface area (Å²) >= 11 is 3.36. The fourth-order valence-electron chi connectivity index (χ4n) is 1.77. The fourth-order valence-corrected chi connectivity index (χ4v) is 2.04. The van der Waals surface area contributed by atoms with Crippen molar-refractivity contribution >= 4 is 27.6 Å². The minimum atomic E-state index is 0.0503. The molecule has 4 heteroatoms. The van der Waals surface area contributed by atoms with Gasteiger partial charge in [0.25, 0.3) is 0 Å². The first-order chi connectivity index (χ1) is 9.63. The zero-order valence-corrected chi connectivity index (χ0v) is 12.4. The van der Waals surface area contributed by atoms with Crippen LogP contribution in [0.3, 0.4) is 0 Å². The van der Waals surface area contributed by atoms with E-state index in [9.17, 15) is 10.4 Å². The van der Waals surface area contributed by atoms with Gasteiger partial charge < -0.3 is 9.84 Å². The summed E-state index contributed by atoms with van der Waals surface area (Å²) < 4.78 is 5.95. The van der Waals surface area contributed by atoms with E-state index in [0.717, 1.165) is 15.6 Å². The molecule has 0 aliphatic rings. The molecule has 0 saturated carbocycles.